The normalized spacial score (nSPS) is 16.4. The molecular weight excluding hydrogens is 406 g/mol. The molecule has 0 bridgehead atoms. The first-order valence-corrected chi connectivity index (χ1v) is 9.64. The van der Waals surface area contributed by atoms with Gasteiger partial charge in [-0.25, -0.2) is 4.79 Å². The fraction of sp³-hybridized carbons (Fsp3) is 0.353. The van der Waals surface area contributed by atoms with Crippen molar-refractivity contribution in [1.82, 2.24) is 20.4 Å². The standard InChI is InChI=1S/C17H18ClN5O4S/c1-27-9-14-21-22-16(28-14)20-13(24)7-6-12-15(25)23(17(26)19-12)8-10-4-2-3-5-11(10)18/h2-5,12H,6-9H2,1H3,(H,19,26)(H,20,22,24)/t12-/m0/s1. The van der Waals surface area contributed by atoms with E-state index in [1.807, 2.05) is 0 Å². The van der Waals surface area contributed by atoms with E-state index in [1.54, 1.807) is 31.4 Å². The third-order valence-corrected chi connectivity index (χ3v) is 5.22. The van der Waals surface area contributed by atoms with Crippen molar-refractivity contribution in [3.05, 3.63) is 39.9 Å². The van der Waals surface area contributed by atoms with E-state index >= 15 is 0 Å². The maximum Gasteiger partial charge on any atom is 0.325 e. The number of ether oxygens (including phenoxy) is 1. The molecular formula is C17H18ClN5O4S. The molecule has 0 aliphatic carbocycles. The molecule has 2 heterocycles. The smallest absolute Gasteiger partial charge is 0.325 e. The predicted octanol–water partition coefficient (Wildman–Crippen LogP) is 2.18. The number of carbonyl (C=O) groups excluding carboxylic acids is 3. The van der Waals surface area contributed by atoms with Gasteiger partial charge in [0.05, 0.1) is 6.54 Å². The summed E-state index contributed by atoms with van der Waals surface area (Å²) in [7, 11) is 1.54. The van der Waals surface area contributed by atoms with Gasteiger partial charge in [-0.05, 0) is 18.1 Å². The lowest BCUT2D eigenvalue weighted by Gasteiger charge is -2.14. The Morgan fingerprint density at radius 2 is 2.14 bits per heavy atom. The molecule has 1 aliphatic heterocycles. The van der Waals surface area contributed by atoms with Gasteiger partial charge in [-0.1, -0.05) is 41.1 Å². The number of methoxy groups -OCH3 is 1. The van der Waals surface area contributed by atoms with Crippen LogP contribution in [0.1, 0.15) is 23.4 Å². The van der Waals surface area contributed by atoms with Crippen LogP contribution in [0.2, 0.25) is 5.02 Å². The fourth-order valence-corrected chi connectivity index (χ4v) is 3.59. The molecule has 9 nitrogen and oxygen atoms in total. The van der Waals surface area contributed by atoms with Gasteiger partial charge in [-0.15, -0.1) is 10.2 Å². The van der Waals surface area contributed by atoms with E-state index in [1.165, 1.54) is 11.3 Å². The van der Waals surface area contributed by atoms with Gasteiger partial charge in [0.25, 0.3) is 5.91 Å². The lowest BCUT2D eigenvalue weighted by atomic mass is 10.1. The van der Waals surface area contributed by atoms with Crippen molar-refractivity contribution in [3.63, 3.8) is 0 Å². The molecule has 4 amide bonds. The van der Waals surface area contributed by atoms with Gasteiger partial charge < -0.3 is 15.4 Å². The van der Waals surface area contributed by atoms with E-state index in [0.717, 1.165) is 4.90 Å². The second-order valence-electron chi connectivity index (χ2n) is 6.04. The van der Waals surface area contributed by atoms with Crippen molar-refractivity contribution < 1.29 is 19.1 Å². The Morgan fingerprint density at radius 3 is 2.89 bits per heavy atom. The minimum absolute atomic E-state index is 0.0514. The van der Waals surface area contributed by atoms with Crippen molar-refractivity contribution in [2.24, 2.45) is 0 Å². The van der Waals surface area contributed by atoms with Crippen LogP contribution in [0.4, 0.5) is 9.93 Å². The molecule has 1 atom stereocenters. The molecule has 0 radical (unpaired) electrons. The van der Waals surface area contributed by atoms with Crippen LogP contribution in [-0.4, -0.2) is 46.1 Å². The summed E-state index contributed by atoms with van der Waals surface area (Å²) in [5.74, 6) is -0.692. The molecule has 2 N–H and O–H groups in total. The van der Waals surface area contributed by atoms with E-state index in [0.29, 0.717) is 27.3 Å². The van der Waals surface area contributed by atoms with Gasteiger partial charge in [0, 0.05) is 18.6 Å². The van der Waals surface area contributed by atoms with Crippen molar-refractivity contribution in [2.75, 3.05) is 12.4 Å². The molecule has 1 aliphatic rings. The van der Waals surface area contributed by atoms with Gasteiger partial charge in [-0.3, -0.25) is 14.5 Å². The van der Waals surface area contributed by atoms with Gasteiger partial charge >= 0.3 is 6.03 Å². The van der Waals surface area contributed by atoms with E-state index in [9.17, 15) is 14.4 Å². The molecule has 0 saturated carbocycles. The van der Waals surface area contributed by atoms with Crippen LogP contribution in [0, 0.1) is 0 Å². The van der Waals surface area contributed by atoms with Crippen LogP contribution in [0.25, 0.3) is 0 Å². The maximum absolute atomic E-state index is 12.5. The van der Waals surface area contributed by atoms with Gasteiger partial charge in [-0.2, -0.15) is 0 Å². The molecule has 11 heteroatoms. The number of amides is 4. The highest BCUT2D eigenvalue weighted by Gasteiger charge is 2.38. The van der Waals surface area contributed by atoms with Crippen LogP contribution in [0.3, 0.4) is 0 Å². The van der Waals surface area contributed by atoms with Crippen molar-refractivity contribution in [2.45, 2.75) is 32.0 Å². The Kier molecular flexibility index (Phi) is 6.55. The number of carbonyl (C=O) groups is 3. The first-order chi connectivity index (χ1) is 13.5. The summed E-state index contributed by atoms with van der Waals surface area (Å²) in [5.41, 5.74) is 0.675. The van der Waals surface area contributed by atoms with E-state index in [2.05, 4.69) is 20.8 Å². The number of aromatic nitrogens is 2. The second kappa shape index (κ2) is 9.09. The molecule has 1 aromatic heterocycles. The summed E-state index contributed by atoms with van der Waals surface area (Å²) in [6, 6.07) is 5.76. The molecule has 3 rings (SSSR count). The number of nitrogens with zero attached hydrogens (tertiary/aromatic N) is 3. The summed E-state index contributed by atoms with van der Waals surface area (Å²) >= 11 is 7.31. The molecule has 0 unspecified atom stereocenters. The number of halogens is 1. The van der Waals surface area contributed by atoms with Gasteiger partial charge in [0.15, 0.2) is 0 Å². The van der Waals surface area contributed by atoms with Crippen LogP contribution in [-0.2, 0) is 27.5 Å². The molecule has 148 valence electrons. The largest absolute Gasteiger partial charge is 0.377 e. The monoisotopic (exact) mass is 423 g/mol. The lowest BCUT2D eigenvalue weighted by molar-refractivity contribution is -0.128. The number of hydrogen-bond donors (Lipinski definition) is 2. The molecule has 1 saturated heterocycles. The lowest BCUT2D eigenvalue weighted by Crippen LogP contribution is -2.31. The van der Waals surface area contributed by atoms with Crippen molar-refractivity contribution >= 4 is 45.9 Å². The number of nitrogens with one attached hydrogen (secondary N) is 2. The quantitative estimate of drug-likeness (QED) is 0.629. The Labute approximate surface area is 170 Å². The minimum Gasteiger partial charge on any atom is -0.377 e. The summed E-state index contributed by atoms with van der Waals surface area (Å²) in [5, 5.41) is 14.4. The molecule has 0 spiro atoms. The Balaban J connectivity index is 1.52. The molecule has 28 heavy (non-hydrogen) atoms. The van der Waals surface area contributed by atoms with Crippen LogP contribution in [0.5, 0.6) is 0 Å². The van der Waals surface area contributed by atoms with E-state index in [4.69, 9.17) is 16.3 Å². The second-order valence-corrected chi connectivity index (χ2v) is 7.51. The zero-order valence-corrected chi connectivity index (χ0v) is 16.5. The van der Waals surface area contributed by atoms with Crippen molar-refractivity contribution in [1.29, 1.82) is 0 Å². The number of hydrogen-bond acceptors (Lipinski definition) is 7. The Hall–Kier alpha value is -2.56. The minimum atomic E-state index is -0.751. The van der Waals surface area contributed by atoms with Crippen LogP contribution in [0.15, 0.2) is 24.3 Å². The number of anilines is 1. The molecule has 2 aromatic rings. The van der Waals surface area contributed by atoms with Crippen LogP contribution < -0.4 is 10.6 Å². The van der Waals surface area contributed by atoms with E-state index < -0.39 is 12.1 Å². The SMILES string of the molecule is COCc1nnc(NC(=O)CC[C@@H]2NC(=O)N(Cc3ccccc3Cl)C2=O)s1. The molecule has 1 aromatic carbocycles. The summed E-state index contributed by atoms with van der Waals surface area (Å²) in [6.07, 6.45) is 0.231. The van der Waals surface area contributed by atoms with Crippen LogP contribution >= 0.6 is 22.9 Å². The summed E-state index contributed by atoms with van der Waals surface area (Å²) in [6.45, 7) is 0.400. The average Bonchev–Trinajstić information content (AvgIpc) is 3.21. The Morgan fingerprint density at radius 1 is 1.36 bits per heavy atom. The average molecular weight is 424 g/mol. The van der Waals surface area contributed by atoms with E-state index in [-0.39, 0.29) is 31.2 Å². The highest BCUT2D eigenvalue weighted by Crippen LogP contribution is 2.21. The Bertz CT molecular complexity index is 890. The van der Waals surface area contributed by atoms with Crippen molar-refractivity contribution in [3.8, 4) is 0 Å². The number of imide groups is 1. The topological polar surface area (TPSA) is 114 Å². The zero-order valence-electron chi connectivity index (χ0n) is 15.0. The number of urea groups is 1. The first kappa shape index (κ1) is 20.2. The summed E-state index contributed by atoms with van der Waals surface area (Å²) < 4.78 is 4.95. The zero-order chi connectivity index (χ0) is 20.1. The first-order valence-electron chi connectivity index (χ1n) is 8.44. The molecule has 1 fully saturated rings. The highest BCUT2D eigenvalue weighted by molar-refractivity contribution is 7.15. The third kappa shape index (κ3) is 4.83. The summed E-state index contributed by atoms with van der Waals surface area (Å²) in [4.78, 5) is 37.8. The number of rotatable bonds is 8. The maximum atomic E-state index is 12.5. The fourth-order valence-electron chi connectivity index (χ4n) is 2.66. The number of benzene rings is 1. The van der Waals surface area contributed by atoms with Gasteiger partial charge in [0.2, 0.25) is 11.0 Å². The predicted molar refractivity (Wildman–Crippen MR) is 103 cm³/mol. The third-order valence-electron chi connectivity index (χ3n) is 4.03. The highest BCUT2D eigenvalue weighted by atomic mass is 35.5. The van der Waals surface area contributed by atoms with Gasteiger partial charge in [0.1, 0.15) is 17.7 Å².